The first-order valence-corrected chi connectivity index (χ1v) is 7.03. The number of nitrogens with zero attached hydrogens (tertiary/aromatic N) is 2. The van der Waals surface area contributed by atoms with Crippen molar-refractivity contribution in [1.29, 1.82) is 0 Å². The molecule has 0 saturated carbocycles. The molecule has 0 radical (unpaired) electrons. The first-order valence-electron chi connectivity index (χ1n) is 7.03. The lowest BCUT2D eigenvalue weighted by Crippen LogP contribution is -2.50. The molecular formula is C14H19N3O5. The van der Waals surface area contributed by atoms with Crippen LogP contribution in [-0.2, 0) is 9.53 Å². The highest BCUT2D eigenvalue weighted by Crippen LogP contribution is 2.19. The van der Waals surface area contributed by atoms with E-state index < -0.39 is 11.0 Å². The molecule has 8 heteroatoms. The molecule has 1 aromatic carbocycles. The van der Waals surface area contributed by atoms with Crippen LogP contribution in [0.4, 0.5) is 5.69 Å². The van der Waals surface area contributed by atoms with Crippen LogP contribution in [0.25, 0.3) is 0 Å². The van der Waals surface area contributed by atoms with Crippen LogP contribution in [0.2, 0.25) is 0 Å². The molecule has 1 atom stereocenters. The molecule has 22 heavy (non-hydrogen) atoms. The summed E-state index contributed by atoms with van der Waals surface area (Å²) in [6.07, 6.45) is -0.462. The number of rotatable bonds is 6. The van der Waals surface area contributed by atoms with E-state index in [0.717, 1.165) is 6.54 Å². The highest BCUT2D eigenvalue weighted by Gasteiger charge is 2.25. The van der Waals surface area contributed by atoms with E-state index in [1.165, 1.54) is 12.1 Å². The smallest absolute Gasteiger partial charge is 0.273 e. The third kappa shape index (κ3) is 4.40. The normalized spacial score (nSPS) is 18.7. The fourth-order valence-electron chi connectivity index (χ4n) is 2.20. The van der Waals surface area contributed by atoms with Gasteiger partial charge in [-0.15, -0.1) is 0 Å². The Hall–Kier alpha value is -2.19. The Kier molecular flexibility index (Phi) is 5.68. The summed E-state index contributed by atoms with van der Waals surface area (Å²) in [6, 6.07) is 6.08. The van der Waals surface area contributed by atoms with E-state index in [1.54, 1.807) is 19.2 Å². The average Bonchev–Trinajstić information content (AvgIpc) is 2.54. The van der Waals surface area contributed by atoms with E-state index in [4.69, 9.17) is 9.47 Å². The molecule has 0 aromatic heterocycles. The summed E-state index contributed by atoms with van der Waals surface area (Å²) in [6.45, 7) is 2.75. The van der Waals surface area contributed by atoms with Crippen molar-refractivity contribution >= 4 is 11.6 Å². The molecule has 120 valence electrons. The molecule has 8 nitrogen and oxygen atoms in total. The van der Waals surface area contributed by atoms with Gasteiger partial charge in [-0.25, -0.2) is 0 Å². The largest absolute Gasteiger partial charge is 0.492 e. The minimum Gasteiger partial charge on any atom is -0.492 e. The molecule has 1 saturated heterocycles. The number of ether oxygens (including phenoxy) is 2. The maximum Gasteiger partial charge on any atom is 0.273 e. The standard InChI is InChI=1S/C14H19N3O5/c1-15-14(18)13-10-16(6-8-22-13)5-7-21-12-4-2-3-11(9-12)17(19)20/h2-4,9,13H,5-8,10H2,1H3,(H,15,18)/t13-/m1/s1. The summed E-state index contributed by atoms with van der Waals surface area (Å²) in [5, 5.41) is 13.3. The fraction of sp³-hybridized carbons (Fsp3) is 0.500. The third-order valence-corrected chi connectivity index (χ3v) is 3.39. The predicted molar refractivity (Wildman–Crippen MR) is 78.8 cm³/mol. The molecule has 0 aliphatic carbocycles. The van der Waals surface area contributed by atoms with Crippen molar-refractivity contribution in [2.24, 2.45) is 0 Å². The van der Waals surface area contributed by atoms with Crippen LogP contribution in [0.1, 0.15) is 0 Å². The summed E-state index contributed by atoms with van der Waals surface area (Å²) in [7, 11) is 1.58. The molecule has 1 heterocycles. The van der Waals surface area contributed by atoms with E-state index in [2.05, 4.69) is 10.2 Å². The molecule has 1 amide bonds. The van der Waals surface area contributed by atoms with Gasteiger partial charge in [-0.05, 0) is 6.07 Å². The van der Waals surface area contributed by atoms with E-state index in [0.29, 0.717) is 32.1 Å². The topological polar surface area (TPSA) is 93.9 Å². The van der Waals surface area contributed by atoms with Gasteiger partial charge in [0.1, 0.15) is 18.5 Å². The number of hydrogen-bond acceptors (Lipinski definition) is 6. The van der Waals surface area contributed by atoms with Gasteiger partial charge in [-0.3, -0.25) is 19.8 Å². The SMILES string of the molecule is CNC(=O)[C@H]1CN(CCOc2cccc([N+](=O)[O-])c2)CCO1. The number of hydrogen-bond donors (Lipinski definition) is 1. The molecular weight excluding hydrogens is 290 g/mol. The molecule has 0 bridgehead atoms. The highest BCUT2D eigenvalue weighted by atomic mass is 16.6. The molecule has 1 aliphatic heterocycles. The Labute approximate surface area is 128 Å². The highest BCUT2D eigenvalue weighted by molar-refractivity contribution is 5.80. The first-order chi connectivity index (χ1) is 10.6. The lowest BCUT2D eigenvalue weighted by atomic mass is 10.2. The Morgan fingerprint density at radius 3 is 3.14 bits per heavy atom. The van der Waals surface area contributed by atoms with E-state index in [-0.39, 0.29) is 11.6 Å². The van der Waals surface area contributed by atoms with Crippen LogP contribution >= 0.6 is 0 Å². The Morgan fingerprint density at radius 2 is 2.41 bits per heavy atom. The second-order valence-corrected chi connectivity index (χ2v) is 4.88. The van der Waals surface area contributed by atoms with Gasteiger partial charge in [0, 0.05) is 32.7 Å². The Bertz CT molecular complexity index is 537. The predicted octanol–water partition coefficient (Wildman–Crippen LogP) is 0.420. The number of amides is 1. The second kappa shape index (κ2) is 7.71. The lowest BCUT2D eigenvalue weighted by molar-refractivity contribution is -0.384. The van der Waals surface area contributed by atoms with Gasteiger partial charge in [-0.2, -0.15) is 0 Å². The van der Waals surface area contributed by atoms with Crippen molar-refractivity contribution in [2.45, 2.75) is 6.10 Å². The van der Waals surface area contributed by atoms with Crippen LogP contribution in [0.5, 0.6) is 5.75 Å². The summed E-state index contributed by atoms with van der Waals surface area (Å²) in [5.41, 5.74) is 0.00329. The van der Waals surface area contributed by atoms with Crippen LogP contribution in [-0.4, -0.2) is 61.7 Å². The maximum absolute atomic E-state index is 11.6. The number of morpholine rings is 1. The summed E-state index contributed by atoms with van der Waals surface area (Å²) in [4.78, 5) is 23.9. The average molecular weight is 309 g/mol. The number of nitrogens with one attached hydrogen (secondary N) is 1. The molecule has 1 aliphatic rings. The van der Waals surface area contributed by atoms with Gasteiger partial charge in [-0.1, -0.05) is 6.07 Å². The van der Waals surface area contributed by atoms with Crippen LogP contribution in [0, 0.1) is 10.1 Å². The van der Waals surface area contributed by atoms with Crippen LogP contribution in [0.3, 0.4) is 0 Å². The van der Waals surface area contributed by atoms with Gasteiger partial charge in [0.05, 0.1) is 17.6 Å². The second-order valence-electron chi connectivity index (χ2n) is 4.88. The van der Waals surface area contributed by atoms with Crippen molar-refractivity contribution in [2.75, 3.05) is 39.9 Å². The van der Waals surface area contributed by atoms with E-state index in [9.17, 15) is 14.9 Å². The van der Waals surface area contributed by atoms with Crippen molar-refractivity contribution in [3.8, 4) is 5.75 Å². The zero-order valence-corrected chi connectivity index (χ0v) is 12.4. The minimum atomic E-state index is -0.462. The number of carbonyl (C=O) groups is 1. The number of non-ortho nitro benzene ring substituents is 1. The number of nitro benzene ring substituents is 1. The van der Waals surface area contributed by atoms with Crippen LogP contribution in [0.15, 0.2) is 24.3 Å². The molecule has 0 spiro atoms. The van der Waals surface area contributed by atoms with Crippen LogP contribution < -0.4 is 10.1 Å². The third-order valence-electron chi connectivity index (χ3n) is 3.39. The first kappa shape index (κ1) is 16.2. The summed E-state index contributed by atoms with van der Waals surface area (Å²) < 4.78 is 10.9. The summed E-state index contributed by atoms with van der Waals surface area (Å²) >= 11 is 0. The monoisotopic (exact) mass is 309 g/mol. The molecule has 1 fully saturated rings. The number of benzene rings is 1. The Balaban J connectivity index is 1.79. The van der Waals surface area contributed by atoms with Gasteiger partial charge in [0.2, 0.25) is 5.91 Å². The van der Waals surface area contributed by atoms with Gasteiger partial charge in [0.15, 0.2) is 0 Å². The Morgan fingerprint density at radius 1 is 1.59 bits per heavy atom. The van der Waals surface area contributed by atoms with Crippen molar-refractivity contribution in [3.05, 3.63) is 34.4 Å². The van der Waals surface area contributed by atoms with Gasteiger partial charge in [0.25, 0.3) is 5.69 Å². The quantitative estimate of drug-likeness (QED) is 0.604. The molecule has 1 N–H and O–H groups in total. The molecule has 0 unspecified atom stereocenters. The zero-order chi connectivity index (χ0) is 15.9. The zero-order valence-electron chi connectivity index (χ0n) is 12.4. The van der Waals surface area contributed by atoms with E-state index in [1.807, 2.05) is 0 Å². The number of nitro groups is 1. The van der Waals surface area contributed by atoms with Crippen molar-refractivity contribution < 1.29 is 19.2 Å². The summed E-state index contributed by atoms with van der Waals surface area (Å²) in [5.74, 6) is 0.328. The van der Waals surface area contributed by atoms with Gasteiger partial charge < -0.3 is 14.8 Å². The van der Waals surface area contributed by atoms with Crippen molar-refractivity contribution in [3.63, 3.8) is 0 Å². The van der Waals surface area contributed by atoms with E-state index >= 15 is 0 Å². The van der Waals surface area contributed by atoms with Gasteiger partial charge >= 0.3 is 0 Å². The fourth-order valence-corrected chi connectivity index (χ4v) is 2.20. The molecule has 1 aromatic rings. The number of carbonyl (C=O) groups excluding carboxylic acids is 1. The number of likely N-dealkylation sites (N-methyl/N-ethyl adjacent to an activating group) is 1. The maximum atomic E-state index is 11.6. The lowest BCUT2D eigenvalue weighted by Gasteiger charge is -2.31. The van der Waals surface area contributed by atoms with Crippen molar-refractivity contribution in [1.82, 2.24) is 10.2 Å². The molecule has 2 rings (SSSR count). The minimum absolute atomic E-state index is 0.00329.